The van der Waals surface area contributed by atoms with Gasteiger partial charge in [0.05, 0.1) is 4.88 Å². The lowest BCUT2D eigenvalue weighted by molar-refractivity contribution is 0.0748. The monoisotopic (exact) mass is 324 g/mol. The Labute approximate surface area is 114 Å². The number of likely N-dealkylation sites (N-methyl/N-ethyl adjacent to an activating group) is 1. The highest BCUT2D eigenvalue weighted by atomic mass is 79.9. The molecule has 2 heterocycles. The van der Waals surface area contributed by atoms with Gasteiger partial charge in [-0.05, 0) is 35.0 Å². The summed E-state index contributed by atoms with van der Waals surface area (Å²) in [5, 5.41) is 5.20. The number of carbonyl (C=O) groups excluding carboxylic acids is 1. The molecule has 1 N–H and O–H groups in total. The molecule has 0 aliphatic carbocycles. The second-order valence-corrected chi connectivity index (χ2v) is 5.52. The molecule has 1 atom stereocenters. The molecule has 1 fully saturated rings. The van der Waals surface area contributed by atoms with Gasteiger partial charge >= 0.3 is 0 Å². The van der Waals surface area contributed by atoms with Crippen molar-refractivity contribution in [3.8, 4) is 0 Å². The number of hydrogen-bond donors (Lipinski definition) is 1. The third kappa shape index (κ3) is 2.97. The molecule has 1 aromatic heterocycles. The van der Waals surface area contributed by atoms with Crippen molar-refractivity contribution in [3.63, 3.8) is 0 Å². The molecule has 1 aromatic rings. The maximum Gasteiger partial charge on any atom is 0.263 e. The van der Waals surface area contributed by atoms with Crippen LogP contribution in [0.15, 0.2) is 15.9 Å². The Morgan fingerprint density at radius 3 is 2.94 bits per heavy atom. The molecule has 3 nitrogen and oxygen atoms in total. The van der Waals surface area contributed by atoms with Crippen molar-refractivity contribution >= 4 is 45.6 Å². The Hall–Kier alpha value is -0.100. The zero-order valence-corrected chi connectivity index (χ0v) is 12.1. The summed E-state index contributed by atoms with van der Waals surface area (Å²) < 4.78 is 0.980. The Kier molecular flexibility index (Phi) is 5.24. The van der Waals surface area contributed by atoms with Crippen molar-refractivity contribution < 1.29 is 4.79 Å². The van der Waals surface area contributed by atoms with Crippen molar-refractivity contribution in [2.24, 2.45) is 0 Å². The summed E-state index contributed by atoms with van der Waals surface area (Å²) in [7, 11) is 1.88. The molecule has 6 heteroatoms. The van der Waals surface area contributed by atoms with E-state index in [-0.39, 0.29) is 18.3 Å². The summed E-state index contributed by atoms with van der Waals surface area (Å²) in [6, 6.07) is 2.23. The molecule has 1 aliphatic rings. The van der Waals surface area contributed by atoms with Crippen LogP contribution in [0.5, 0.6) is 0 Å². The Balaban J connectivity index is 0.00000128. The van der Waals surface area contributed by atoms with Crippen LogP contribution in [0.2, 0.25) is 0 Å². The third-order valence-electron chi connectivity index (χ3n) is 2.68. The molecule has 0 aromatic carbocycles. The van der Waals surface area contributed by atoms with E-state index < -0.39 is 0 Å². The van der Waals surface area contributed by atoms with Gasteiger partial charge in [0.1, 0.15) is 0 Å². The molecular weight excluding hydrogens is 312 g/mol. The highest BCUT2D eigenvalue weighted by Gasteiger charge is 2.24. The molecule has 0 saturated carbocycles. The van der Waals surface area contributed by atoms with E-state index in [0.29, 0.717) is 6.04 Å². The number of carbonyl (C=O) groups is 1. The van der Waals surface area contributed by atoms with Crippen LogP contribution in [0.1, 0.15) is 16.1 Å². The maximum absolute atomic E-state index is 12.0. The summed E-state index contributed by atoms with van der Waals surface area (Å²) >= 11 is 4.85. The first-order chi connectivity index (χ1) is 7.18. The van der Waals surface area contributed by atoms with Crippen LogP contribution in [0, 0.1) is 0 Å². The van der Waals surface area contributed by atoms with Crippen molar-refractivity contribution in [1.29, 1.82) is 0 Å². The topological polar surface area (TPSA) is 32.3 Å². The molecule has 16 heavy (non-hydrogen) atoms. The first-order valence-corrected chi connectivity index (χ1v) is 6.57. The van der Waals surface area contributed by atoms with E-state index in [0.717, 1.165) is 28.9 Å². The average molecular weight is 326 g/mol. The molecule has 0 radical (unpaired) electrons. The first kappa shape index (κ1) is 14.0. The average Bonchev–Trinajstić information content (AvgIpc) is 2.85. The summed E-state index contributed by atoms with van der Waals surface area (Å²) in [5.41, 5.74) is 0. The molecule has 0 spiro atoms. The molecule has 90 valence electrons. The van der Waals surface area contributed by atoms with Crippen LogP contribution in [0.25, 0.3) is 0 Å². The van der Waals surface area contributed by atoms with Gasteiger partial charge in [-0.15, -0.1) is 23.7 Å². The fourth-order valence-corrected chi connectivity index (χ4v) is 3.14. The lowest BCUT2D eigenvalue weighted by Gasteiger charge is -2.22. The largest absolute Gasteiger partial charge is 0.337 e. The molecular formula is C10H14BrClN2OS. The summed E-state index contributed by atoms with van der Waals surface area (Å²) in [4.78, 5) is 14.7. The first-order valence-electron chi connectivity index (χ1n) is 4.90. The predicted molar refractivity (Wildman–Crippen MR) is 72.6 cm³/mol. The number of rotatable bonds is 2. The van der Waals surface area contributed by atoms with E-state index in [4.69, 9.17) is 0 Å². The van der Waals surface area contributed by atoms with E-state index in [9.17, 15) is 4.79 Å². The minimum absolute atomic E-state index is 0. The molecule has 0 bridgehead atoms. The number of nitrogens with zero attached hydrogens (tertiary/aromatic N) is 1. The lowest BCUT2D eigenvalue weighted by Crippen LogP contribution is -2.37. The second-order valence-electron chi connectivity index (χ2n) is 3.69. The smallest absolute Gasteiger partial charge is 0.263 e. The fourth-order valence-electron chi connectivity index (χ4n) is 1.73. The summed E-state index contributed by atoms with van der Waals surface area (Å²) in [6.45, 7) is 1.92. The quantitative estimate of drug-likeness (QED) is 0.905. The Bertz CT molecular complexity index is 365. The number of hydrogen-bond acceptors (Lipinski definition) is 3. The van der Waals surface area contributed by atoms with Gasteiger partial charge in [-0.25, -0.2) is 0 Å². The second kappa shape index (κ2) is 6.00. The zero-order chi connectivity index (χ0) is 10.8. The van der Waals surface area contributed by atoms with Crippen molar-refractivity contribution in [2.45, 2.75) is 12.5 Å². The van der Waals surface area contributed by atoms with Gasteiger partial charge in [0.2, 0.25) is 0 Å². The van der Waals surface area contributed by atoms with Crippen molar-refractivity contribution in [1.82, 2.24) is 10.2 Å². The minimum atomic E-state index is 0. The fraction of sp³-hybridized carbons (Fsp3) is 0.500. The van der Waals surface area contributed by atoms with Gasteiger partial charge in [-0.2, -0.15) is 0 Å². The van der Waals surface area contributed by atoms with E-state index in [1.807, 2.05) is 23.4 Å². The van der Waals surface area contributed by atoms with Gasteiger partial charge in [0.25, 0.3) is 5.91 Å². The number of thiophene rings is 1. The number of amides is 1. The van der Waals surface area contributed by atoms with Gasteiger partial charge < -0.3 is 10.2 Å². The van der Waals surface area contributed by atoms with Crippen LogP contribution in [0.3, 0.4) is 0 Å². The van der Waals surface area contributed by atoms with Gasteiger partial charge in [-0.3, -0.25) is 4.79 Å². The number of nitrogens with one attached hydrogen (secondary N) is 1. The highest BCUT2D eigenvalue weighted by Crippen LogP contribution is 2.22. The van der Waals surface area contributed by atoms with Gasteiger partial charge in [-0.1, -0.05) is 0 Å². The predicted octanol–water partition coefficient (Wildman–Crippen LogP) is 2.37. The lowest BCUT2D eigenvalue weighted by atomic mass is 10.2. The SMILES string of the molecule is CN(C(=O)c1cc(Br)cs1)C1CCNC1.Cl. The third-order valence-corrected chi connectivity index (χ3v) is 4.36. The van der Waals surface area contributed by atoms with E-state index >= 15 is 0 Å². The molecule has 1 unspecified atom stereocenters. The molecule has 1 saturated heterocycles. The number of halogens is 2. The van der Waals surface area contributed by atoms with Gasteiger partial charge in [0.15, 0.2) is 0 Å². The van der Waals surface area contributed by atoms with Crippen molar-refractivity contribution in [3.05, 3.63) is 20.8 Å². The van der Waals surface area contributed by atoms with E-state index in [2.05, 4.69) is 21.2 Å². The zero-order valence-electron chi connectivity index (χ0n) is 8.90. The Morgan fingerprint density at radius 2 is 2.44 bits per heavy atom. The van der Waals surface area contributed by atoms with Crippen molar-refractivity contribution in [2.75, 3.05) is 20.1 Å². The van der Waals surface area contributed by atoms with E-state index in [1.54, 1.807) is 0 Å². The summed E-state index contributed by atoms with van der Waals surface area (Å²) in [6.07, 6.45) is 1.05. The van der Waals surface area contributed by atoms with Crippen LogP contribution in [-0.2, 0) is 0 Å². The van der Waals surface area contributed by atoms with Crippen LogP contribution in [0.4, 0.5) is 0 Å². The van der Waals surface area contributed by atoms with E-state index in [1.165, 1.54) is 11.3 Å². The minimum Gasteiger partial charge on any atom is -0.337 e. The molecule has 1 aliphatic heterocycles. The standard InChI is InChI=1S/C10H13BrN2OS.ClH/c1-13(8-2-3-12-5-8)10(14)9-4-7(11)6-15-9;/h4,6,8,12H,2-3,5H2,1H3;1H. The molecule has 1 amide bonds. The summed E-state index contributed by atoms with van der Waals surface area (Å²) in [5.74, 6) is 0.124. The maximum atomic E-state index is 12.0. The molecule has 2 rings (SSSR count). The van der Waals surface area contributed by atoms with Crippen LogP contribution in [-0.4, -0.2) is 37.0 Å². The highest BCUT2D eigenvalue weighted by molar-refractivity contribution is 9.10. The normalized spacial score (nSPS) is 19.2. The van der Waals surface area contributed by atoms with Crippen LogP contribution < -0.4 is 5.32 Å². The Morgan fingerprint density at radius 1 is 1.69 bits per heavy atom. The van der Waals surface area contributed by atoms with Gasteiger partial charge in [0, 0.05) is 29.5 Å². The van der Waals surface area contributed by atoms with Crippen LogP contribution >= 0.6 is 39.7 Å².